The lowest BCUT2D eigenvalue weighted by Crippen LogP contribution is -2.41. The molecule has 9 heteroatoms. The molecule has 1 aliphatic rings. The van der Waals surface area contributed by atoms with Crippen molar-refractivity contribution < 1.29 is 22.7 Å². The molecule has 1 fully saturated rings. The van der Waals surface area contributed by atoms with E-state index in [0.29, 0.717) is 18.7 Å². The number of methoxy groups -OCH3 is 1. The summed E-state index contributed by atoms with van der Waals surface area (Å²) in [6.45, 7) is 0.657. The Morgan fingerprint density at radius 2 is 2.17 bits per heavy atom. The molecule has 0 saturated carbocycles. The first-order valence-electron chi connectivity index (χ1n) is 7.06. The molecule has 0 radical (unpaired) electrons. The van der Waals surface area contributed by atoms with Gasteiger partial charge in [-0.2, -0.15) is 0 Å². The maximum absolute atomic E-state index is 12.1. The predicted molar refractivity (Wildman–Crippen MR) is 83.1 cm³/mol. The van der Waals surface area contributed by atoms with E-state index in [1.807, 2.05) is 0 Å². The predicted octanol–water partition coefficient (Wildman–Crippen LogP) is -0.0901. The Labute approximate surface area is 134 Å². The van der Waals surface area contributed by atoms with Crippen molar-refractivity contribution in [3.8, 4) is 0 Å². The number of ether oxygens (including phenoxy) is 1. The largest absolute Gasteiger partial charge is 0.468 e. The van der Waals surface area contributed by atoms with Crippen LogP contribution < -0.4 is 10.5 Å². The topological polar surface area (TPSA) is 119 Å². The molecular formula is C14H19N3O5S. The summed E-state index contributed by atoms with van der Waals surface area (Å²) in [7, 11) is -2.51. The summed E-state index contributed by atoms with van der Waals surface area (Å²) >= 11 is 0. The van der Waals surface area contributed by atoms with Crippen LogP contribution >= 0.6 is 0 Å². The molecule has 0 spiro atoms. The zero-order valence-corrected chi connectivity index (χ0v) is 13.5. The van der Waals surface area contributed by atoms with Gasteiger partial charge in [0.15, 0.2) is 0 Å². The number of hydrogen-bond acceptors (Lipinski definition) is 6. The van der Waals surface area contributed by atoms with Gasteiger partial charge in [-0.3, -0.25) is 14.5 Å². The first kappa shape index (κ1) is 17.4. The average molecular weight is 341 g/mol. The molecule has 8 nitrogen and oxygen atoms in total. The lowest BCUT2D eigenvalue weighted by molar-refractivity contribution is -0.146. The number of esters is 1. The fourth-order valence-electron chi connectivity index (χ4n) is 2.55. The zero-order chi connectivity index (χ0) is 17.0. The second-order valence-electron chi connectivity index (χ2n) is 5.27. The van der Waals surface area contributed by atoms with E-state index in [9.17, 15) is 18.0 Å². The maximum atomic E-state index is 12.1. The highest BCUT2D eigenvalue weighted by atomic mass is 32.2. The van der Waals surface area contributed by atoms with Crippen molar-refractivity contribution in [3.63, 3.8) is 0 Å². The van der Waals surface area contributed by atoms with E-state index in [1.54, 1.807) is 11.0 Å². The Morgan fingerprint density at radius 1 is 1.43 bits per heavy atom. The Morgan fingerprint density at radius 3 is 2.83 bits per heavy atom. The lowest BCUT2D eigenvalue weighted by Gasteiger charge is -2.21. The van der Waals surface area contributed by atoms with Crippen molar-refractivity contribution in [1.82, 2.24) is 4.90 Å². The molecule has 1 amide bonds. The first-order valence-corrected chi connectivity index (χ1v) is 8.60. The minimum Gasteiger partial charge on any atom is -0.468 e. The summed E-state index contributed by atoms with van der Waals surface area (Å²) in [6.07, 6.45) is 1.47. The van der Waals surface area contributed by atoms with Crippen LogP contribution in [0.3, 0.4) is 0 Å². The molecule has 23 heavy (non-hydrogen) atoms. The SMILES string of the molecule is COC(=O)C1CCCN1CC(=O)Nc1cccc(S(N)(=O)=O)c1. The highest BCUT2D eigenvalue weighted by Crippen LogP contribution is 2.19. The molecule has 1 unspecified atom stereocenters. The Bertz CT molecular complexity index is 704. The number of nitrogens with one attached hydrogen (secondary N) is 1. The van der Waals surface area contributed by atoms with Crippen molar-refractivity contribution in [1.29, 1.82) is 0 Å². The van der Waals surface area contributed by atoms with Crippen molar-refractivity contribution in [2.75, 3.05) is 25.5 Å². The van der Waals surface area contributed by atoms with Crippen LogP contribution in [0.4, 0.5) is 5.69 Å². The number of rotatable bonds is 5. The number of nitrogens with zero attached hydrogens (tertiary/aromatic N) is 1. The van der Waals surface area contributed by atoms with Gasteiger partial charge < -0.3 is 10.1 Å². The number of benzene rings is 1. The van der Waals surface area contributed by atoms with E-state index in [2.05, 4.69) is 5.32 Å². The normalized spacial score (nSPS) is 18.6. The number of primary sulfonamides is 1. The van der Waals surface area contributed by atoms with E-state index in [4.69, 9.17) is 9.88 Å². The van der Waals surface area contributed by atoms with Gasteiger partial charge in [0.2, 0.25) is 15.9 Å². The van der Waals surface area contributed by atoms with E-state index in [1.165, 1.54) is 25.3 Å². The summed E-state index contributed by atoms with van der Waals surface area (Å²) in [5.41, 5.74) is 0.329. The Kier molecular flexibility index (Phi) is 5.34. The van der Waals surface area contributed by atoms with Crippen molar-refractivity contribution in [2.24, 2.45) is 5.14 Å². The number of hydrogen-bond donors (Lipinski definition) is 2. The second-order valence-corrected chi connectivity index (χ2v) is 6.83. The highest BCUT2D eigenvalue weighted by Gasteiger charge is 2.32. The Hall–Kier alpha value is -1.97. The van der Waals surface area contributed by atoms with Gasteiger partial charge >= 0.3 is 5.97 Å². The molecule has 1 heterocycles. The molecule has 0 aromatic heterocycles. The summed E-state index contributed by atoms with van der Waals surface area (Å²) in [5, 5.41) is 7.66. The average Bonchev–Trinajstić information content (AvgIpc) is 2.93. The van der Waals surface area contributed by atoms with Crippen LogP contribution in [0, 0.1) is 0 Å². The summed E-state index contributed by atoms with van der Waals surface area (Å²) in [6, 6.07) is 5.27. The Balaban J connectivity index is 2.01. The van der Waals surface area contributed by atoms with Crippen LogP contribution in [0.25, 0.3) is 0 Å². The van der Waals surface area contributed by atoms with Gasteiger partial charge in [-0.25, -0.2) is 13.6 Å². The van der Waals surface area contributed by atoms with Gasteiger partial charge in [0.1, 0.15) is 6.04 Å². The summed E-state index contributed by atoms with van der Waals surface area (Å²) < 4.78 is 27.3. The third-order valence-corrected chi connectivity index (χ3v) is 4.54. The van der Waals surface area contributed by atoms with E-state index in [-0.39, 0.29) is 23.3 Å². The van der Waals surface area contributed by atoms with Crippen LogP contribution in [-0.2, 0) is 24.3 Å². The van der Waals surface area contributed by atoms with Gasteiger partial charge in [-0.15, -0.1) is 0 Å². The second kappa shape index (κ2) is 7.07. The number of likely N-dealkylation sites (tertiary alicyclic amines) is 1. The number of amides is 1. The van der Waals surface area contributed by atoms with Gasteiger partial charge in [-0.05, 0) is 37.6 Å². The molecule has 1 saturated heterocycles. The maximum Gasteiger partial charge on any atom is 0.323 e. The summed E-state index contributed by atoms with van der Waals surface area (Å²) in [5.74, 6) is -0.695. The minimum absolute atomic E-state index is 0.0272. The van der Waals surface area contributed by atoms with Crippen LogP contribution in [-0.4, -0.2) is 51.4 Å². The number of carbonyl (C=O) groups excluding carboxylic acids is 2. The van der Waals surface area contributed by atoms with E-state index in [0.717, 1.165) is 6.42 Å². The molecule has 1 aromatic rings. The third kappa shape index (κ3) is 4.50. The summed E-state index contributed by atoms with van der Waals surface area (Å²) in [4.78, 5) is 25.4. The molecule has 1 aliphatic heterocycles. The van der Waals surface area contributed by atoms with Gasteiger partial charge in [0.25, 0.3) is 0 Å². The molecule has 0 bridgehead atoms. The minimum atomic E-state index is -3.83. The van der Waals surface area contributed by atoms with Gasteiger partial charge in [0, 0.05) is 5.69 Å². The van der Waals surface area contributed by atoms with Gasteiger partial charge in [0.05, 0.1) is 18.6 Å². The third-order valence-electron chi connectivity index (χ3n) is 3.63. The molecule has 0 aliphatic carbocycles. The number of sulfonamides is 1. The van der Waals surface area contributed by atoms with Crippen molar-refractivity contribution in [2.45, 2.75) is 23.8 Å². The standard InChI is InChI=1S/C14H19N3O5S/c1-22-14(19)12-6-3-7-17(12)9-13(18)16-10-4-2-5-11(8-10)23(15,20)21/h2,4-5,8,12H,3,6-7,9H2,1H3,(H,16,18)(H2,15,20,21). The number of carbonyl (C=O) groups is 2. The molecular weight excluding hydrogens is 322 g/mol. The van der Waals surface area contributed by atoms with Crippen LogP contribution in [0.5, 0.6) is 0 Å². The highest BCUT2D eigenvalue weighted by molar-refractivity contribution is 7.89. The molecule has 126 valence electrons. The molecule has 3 N–H and O–H groups in total. The first-order chi connectivity index (χ1) is 10.8. The van der Waals surface area contributed by atoms with Crippen LogP contribution in [0.1, 0.15) is 12.8 Å². The number of anilines is 1. The molecule has 1 atom stereocenters. The van der Waals surface area contributed by atoms with Gasteiger partial charge in [-0.1, -0.05) is 6.07 Å². The quantitative estimate of drug-likeness (QED) is 0.723. The fraction of sp³-hybridized carbons (Fsp3) is 0.429. The van der Waals surface area contributed by atoms with E-state index >= 15 is 0 Å². The lowest BCUT2D eigenvalue weighted by atomic mass is 10.2. The molecule has 2 rings (SSSR count). The zero-order valence-electron chi connectivity index (χ0n) is 12.7. The smallest absolute Gasteiger partial charge is 0.323 e. The van der Waals surface area contributed by atoms with Crippen LogP contribution in [0.15, 0.2) is 29.2 Å². The van der Waals surface area contributed by atoms with Crippen molar-refractivity contribution in [3.05, 3.63) is 24.3 Å². The monoisotopic (exact) mass is 341 g/mol. The fourth-order valence-corrected chi connectivity index (χ4v) is 3.11. The molecule has 1 aromatic carbocycles. The van der Waals surface area contributed by atoms with E-state index < -0.39 is 16.1 Å². The van der Waals surface area contributed by atoms with Crippen LogP contribution in [0.2, 0.25) is 0 Å². The number of nitrogens with two attached hydrogens (primary N) is 1. The van der Waals surface area contributed by atoms with Crippen molar-refractivity contribution >= 4 is 27.6 Å².